The van der Waals surface area contributed by atoms with Gasteiger partial charge < -0.3 is 10.2 Å². The van der Waals surface area contributed by atoms with Gasteiger partial charge in [-0.1, -0.05) is 26.7 Å². The van der Waals surface area contributed by atoms with Crippen molar-refractivity contribution in [2.75, 3.05) is 6.61 Å². The quantitative estimate of drug-likeness (QED) is 0.772. The first-order chi connectivity index (χ1) is 9.94. The van der Waals surface area contributed by atoms with Crippen LogP contribution in [0.2, 0.25) is 0 Å². The van der Waals surface area contributed by atoms with Crippen LogP contribution in [0.1, 0.15) is 71.6 Å². The van der Waals surface area contributed by atoms with Gasteiger partial charge in [-0.05, 0) is 79.4 Å². The molecule has 4 saturated carbocycles. The molecule has 4 aliphatic rings. The summed E-state index contributed by atoms with van der Waals surface area (Å²) in [6.07, 6.45) is 11.4. The molecule has 0 heterocycles. The second kappa shape index (κ2) is 4.47. The SMILES string of the molecule is C[C@H]1CCC[C@]2(C)[C@@H]1CC[C@@]13C[C@H](CC[C@H]12)[C@](O)(CO)C3. The Labute approximate surface area is 129 Å². The van der Waals surface area contributed by atoms with Gasteiger partial charge in [0.15, 0.2) is 0 Å². The Bertz CT molecular complexity index is 435. The molecule has 0 radical (unpaired) electrons. The molecule has 4 aliphatic carbocycles. The maximum Gasteiger partial charge on any atom is 0.0910 e. The molecule has 2 bridgehead atoms. The number of fused-ring (bicyclic) bond motifs is 3. The molecule has 2 heteroatoms. The summed E-state index contributed by atoms with van der Waals surface area (Å²) in [5, 5.41) is 20.6. The van der Waals surface area contributed by atoms with Gasteiger partial charge in [0, 0.05) is 0 Å². The van der Waals surface area contributed by atoms with E-state index < -0.39 is 5.60 Å². The molecule has 2 nitrogen and oxygen atoms in total. The van der Waals surface area contributed by atoms with Crippen LogP contribution in [0, 0.1) is 34.5 Å². The number of aliphatic hydroxyl groups is 2. The van der Waals surface area contributed by atoms with Crippen molar-refractivity contribution < 1.29 is 10.2 Å². The summed E-state index contributed by atoms with van der Waals surface area (Å²) in [5.74, 6) is 2.95. The summed E-state index contributed by atoms with van der Waals surface area (Å²) in [6.45, 7) is 5.03. The van der Waals surface area contributed by atoms with Gasteiger partial charge in [-0.15, -0.1) is 0 Å². The second-order valence-corrected chi connectivity index (χ2v) is 9.35. The number of aliphatic hydroxyl groups excluding tert-OH is 1. The summed E-state index contributed by atoms with van der Waals surface area (Å²) < 4.78 is 0. The zero-order chi connectivity index (χ0) is 14.9. The van der Waals surface area contributed by atoms with E-state index >= 15 is 0 Å². The second-order valence-electron chi connectivity index (χ2n) is 9.35. The molecule has 0 aromatic carbocycles. The number of hydrogen-bond donors (Lipinski definition) is 2. The summed E-state index contributed by atoms with van der Waals surface area (Å²) in [4.78, 5) is 0. The van der Waals surface area contributed by atoms with Crippen LogP contribution in [0.4, 0.5) is 0 Å². The standard InChI is InChI=1S/C19H32O2/c1-13-4-3-8-17(2)15(13)7-9-18-10-14(5-6-16(17)18)19(21,11-18)12-20/h13-16,20-21H,3-12H2,1-2H3/t13-,14-,15+,16-,17+,18-,19+/m0/s1. The highest BCUT2D eigenvalue weighted by atomic mass is 16.3. The largest absolute Gasteiger partial charge is 0.393 e. The number of rotatable bonds is 1. The molecule has 0 aliphatic heterocycles. The Morgan fingerprint density at radius 2 is 1.90 bits per heavy atom. The molecule has 1 spiro atoms. The van der Waals surface area contributed by atoms with Crippen molar-refractivity contribution in [2.24, 2.45) is 34.5 Å². The van der Waals surface area contributed by atoms with Crippen LogP contribution in [0.5, 0.6) is 0 Å². The average molecular weight is 292 g/mol. The topological polar surface area (TPSA) is 40.5 Å². The van der Waals surface area contributed by atoms with Crippen molar-refractivity contribution in [1.29, 1.82) is 0 Å². The van der Waals surface area contributed by atoms with Crippen LogP contribution < -0.4 is 0 Å². The van der Waals surface area contributed by atoms with Gasteiger partial charge in [-0.25, -0.2) is 0 Å². The van der Waals surface area contributed by atoms with Crippen molar-refractivity contribution in [3.05, 3.63) is 0 Å². The van der Waals surface area contributed by atoms with Crippen molar-refractivity contribution >= 4 is 0 Å². The zero-order valence-electron chi connectivity index (χ0n) is 13.8. The van der Waals surface area contributed by atoms with E-state index in [1.54, 1.807) is 0 Å². The highest BCUT2D eigenvalue weighted by Crippen LogP contribution is 2.71. The molecule has 0 aromatic heterocycles. The molecule has 2 N–H and O–H groups in total. The lowest BCUT2D eigenvalue weighted by molar-refractivity contribution is -0.121. The third kappa shape index (κ3) is 1.78. The minimum atomic E-state index is -0.766. The predicted molar refractivity (Wildman–Crippen MR) is 83.8 cm³/mol. The van der Waals surface area contributed by atoms with Crippen LogP contribution >= 0.6 is 0 Å². The Balaban J connectivity index is 1.70. The van der Waals surface area contributed by atoms with E-state index in [-0.39, 0.29) is 6.61 Å². The fourth-order valence-electron chi connectivity index (χ4n) is 7.73. The molecular weight excluding hydrogens is 260 g/mol. The van der Waals surface area contributed by atoms with E-state index in [2.05, 4.69) is 13.8 Å². The summed E-state index contributed by atoms with van der Waals surface area (Å²) in [6, 6.07) is 0. The van der Waals surface area contributed by atoms with Crippen LogP contribution in [0.25, 0.3) is 0 Å². The average Bonchev–Trinajstić information content (AvgIpc) is 2.66. The van der Waals surface area contributed by atoms with Gasteiger partial charge in [0.1, 0.15) is 0 Å². The molecule has 0 saturated heterocycles. The Kier molecular flexibility index (Phi) is 3.09. The molecule has 120 valence electrons. The van der Waals surface area contributed by atoms with Crippen LogP contribution in [0.15, 0.2) is 0 Å². The summed E-state index contributed by atoms with van der Waals surface area (Å²) in [7, 11) is 0. The van der Waals surface area contributed by atoms with Gasteiger partial charge in [0.25, 0.3) is 0 Å². The molecular formula is C19H32O2. The van der Waals surface area contributed by atoms with Gasteiger partial charge in [-0.2, -0.15) is 0 Å². The third-order valence-corrected chi connectivity index (χ3v) is 8.55. The van der Waals surface area contributed by atoms with Crippen LogP contribution in [-0.4, -0.2) is 22.4 Å². The van der Waals surface area contributed by atoms with E-state index in [1.165, 1.54) is 44.9 Å². The smallest absolute Gasteiger partial charge is 0.0910 e. The van der Waals surface area contributed by atoms with Crippen molar-refractivity contribution in [3.63, 3.8) is 0 Å². The Morgan fingerprint density at radius 3 is 2.67 bits per heavy atom. The minimum Gasteiger partial charge on any atom is -0.393 e. The molecule has 0 unspecified atom stereocenters. The third-order valence-electron chi connectivity index (χ3n) is 8.55. The van der Waals surface area contributed by atoms with Crippen LogP contribution in [-0.2, 0) is 0 Å². The lowest BCUT2D eigenvalue weighted by Crippen LogP contribution is -2.53. The molecule has 0 aromatic rings. The maximum atomic E-state index is 10.9. The van der Waals surface area contributed by atoms with E-state index in [0.29, 0.717) is 16.7 Å². The minimum absolute atomic E-state index is 0.0251. The normalized spacial score (nSPS) is 59.4. The number of hydrogen-bond acceptors (Lipinski definition) is 2. The Morgan fingerprint density at radius 1 is 1.10 bits per heavy atom. The fraction of sp³-hybridized carbons (Fsp3) is 1.00. The van der Waals surface area contributed by atoms with Crippen molar-refractivity contribution in [3.8, 4) is 0 Å². The summed E-state index contributed by atoms with van der Waals surface area (Å²) in [5.41, 5.74) is 0.0858. The molecule has 4 fully saturated rings. The van der Waals surface area contributed by atoms with Gasteiger partial charge in [0.2, 0.25) is 0 Å². The molecule has 4 rings (SSSR count). The first-order valence-electron chi connectivity index (χ1n) is 9.27. The lowest BCUT2D eigenvalue weighted by atomic mass is 9.43. The molecule has 0 amide bonds. The highest BCUT2D eigenvalue weighted by Gasteiger charge is 2.65. The monoisotopic (exact) mass is 292 g/mol. The van der Waals surface area contributed by atoms with E-state index in [1.807, 2.05) is 0 Å². The van der Waals surface area contributed by atoms with Gasteiger partial charge >= 0.3 is 0 Å². The van der Waals surface area contributed by atoms with Gasteiger partial charge in [-0.3, -0.25) is 0 Å². The van der Waals surface area contributed by atoms with Gasteiger partial charge in [0.05, 0.1) is 12.2 Å². The zero-order valence-corrected chi connectivity index (χ0v) is 13.8. The van der Waals surface area contributed by atoms with E-state index in [0.717, 1.165) is 30.6 Å². The first-order valence-corrected chi connectivity index (χ1v) is 9.27. The summed E-state index contributed by atoms with van der Waals surface area (Å²) >= 11 is 0. The van der Waals surface area contributed by atoms with Crippen molar-refractivity contribution in [1.82, 2.24) is 0 Å². The fourth-order valence-corrected chi connectivity index (χ4v) is 7.73. The maximum absolute atomic E-state index is 10.9. The predicted octanol–water partition coefficient (Wildman–Crippen LogP) is 3.75. The highest BCUT2D eigenvalue weighted by molar-refractivity contribution is 5.15. The van der Waals surface area contributed by atoms with E-state index in [9.17, 15) is 10.2 Å². The Hall–Kier alpha value is -0.0800. The lowest BCUT2D eigenvalue weighted by Gasteiger charge is -2.61. The van der Waals surface area contributed by atoms with Crippen molar-refractivity contribution in [2.45, 2.75) is 77.2 Å². The van der Waals surface area contributed by atoms with Crippen LogP contribution in [0.3, 0.4) is 0 Å². The molecule has 7 atom stereocenters. The molecule has 21 heavy (non-hydrogen) atoms. The first kappa shape index (κ1) is 14.5. The van der Waals surface area contributed by atoms with E-state index in [4.69, 9.17) is 0 Å².